The summed E-state index contributed by atoms with van der Waals surface area (Å²) in [6.07, 6.45) is 0. The monoisotopic (exact) mass is 563 g/mol. The average Bonchev–Trinajstić information content (AvgIpc) is 3.39. The Morgan fingerprint density at radius 1 is 0.714 bits per heavy atom. The van der Waals surface area contributed by atoms with Gasteiger partial charge in [0.15, 0.2) is 0 Å². The Morgan fingerprint density at radius 3 is 2.00 bits per heavy atom. The van der Waals surface area contributed by atoms with Crippen molar-refractivity contribution in [3.8, 4) is 51.2 Å². The summed E-state index contributed by atoms with van der Waals surface area (Å²) in [7, 11) is 4.70. The number of nitrogens with zero attached hydrogens (tertiary/aromatic N) is 2. The van der Waals surface area contributed by atoms with Gasteiger partial charge in [0.1, 0.15) is 22.9 Å². The molecule has 0 radical (unpaired) electrons. The quantitative estimate of drug-likeness (QED) is 0.207. The van der Waals surface area contributed by atoms with E-state index in [4.69, 9.17) is 24.0 Å². The molecule has 0 saturated carbocycles. The standard InChI is InChI=1S/C33H29N3O6/c1-21(37)42-33-30(22-13-15-25(16-14-22)34-32(38)23-9-8-12-27(17-23)39-2)31(35-36(33)26-10-6-5-7-11-26)24-18-28(40-3)20-29(19-24)41-4/h5-20H,1-4H3,(H,34,38). The van der Waals surface area contributed by atoms with Crippen LogP contribution in [0, 0.1) is 0 Å². The van der Waals surface area contributed by atoms with Crippen molar-refractivity contribution < 1.29 is 28.5 Å². The highest BCUT2D eigenvalue weighted by Gasteiger charge is 2.25. The van der Waals surface area contributed by atoms with E-state index in [2.05, 4.69) is 5.32 Å². The number of methoxy groups -OCH3 is 3. The van der Waals surface area contributed by atoms with Gasteiger partial charge >= 0.3 is 5.97 Å². The molecule has 1 amide bonds. The molecular formula is C33H29N3O6. The molecule has 9 heteroatoms. The fourth-order valence-corrected chi connectivity index (χ4v) is 4.47. The Hall–Kier alpha value is -5.57. The third-order valence-electron chi connectivity index (χ3n) is 6.47. The molecule has 5 aromatic rings. The average molecular weight is 564 g/mol. The third kappa shape index (κ3) is 5.95. The molecule has 9 nitrogen and oxygen atoms in total. The molecule has 0 spiro atoms. The van der Waals surface area contributed by atoms with Gasteiger partial charge in [0.25, 0.3) is 5.91 Å². The van der Waals surface area contributed by atoms with Crippen LogP contribution in [-0.4, -0.2) is 43.0 Å². The summed E-state index contributed by atoms with van der Waals surface area (Å²) >= 11 is 0. The molecule has 0 aliphatic rings. The second-order valence-corrected chi connectivity index (χ2v) is 9.23. The number of carbonyl (C=O) groups is 2. The highest BCUT2D eigenvalue weighted by atomic mass is 16.5. The summed E-state index contributed by atoms with van der Waals surface area (Å²) in [6.45, 7) is 1.34. The summed E-state index contributed by atoms with van der Waals surface area (Å²) in [5.41, 5.74) is 4.28. The van der Waals surface area contributed by atoms with E-state index >= 15 is 0 Å². The number of anilines is 1. The molecule has 42 heavy (non-hydrogen) atoms. The number of amides is 1. The van der Waals surface area contributed by atoms with Gasteiger partial charge in [-0.05, 0) is 60.2 Å². The van der Waals surface area contributed by atoms with Crippen LogP contribution in [-0.2, 0) is 4.79 Å². The number of benzene rings is 4. The molecule has 5 rings (SSSR count). The lowest BCUT2D eigenvalue weighted by Gasteiger charge is -2.11. The molecule has 0 aliphatic carbocycles. The predicted octanol–water partition coefficient (Wildman–Crippen LogP) is 6.41. The van der Waals surface area contributed by atoms with E-state index in [1.165, 1.54) is 6.92 Å². The molecular weight excluding hydrogens is 534 g/mol. The fraction of sp³-hybridized carbons (Fsp3) is 0.121. The lowest BCUT2D eigenvalue weighted by Crippen LogP contribution is -2.11. The SMILES string of the molecule is COc1cccc(C(=O)Nc2ccc(-c3c(-c4cc(OC)cc(OC)c4)nn(-c4ccccc4)c3OC(C)=O)cc2)c1. The lowest BCUT2D eigenvalue weighted by atomic mass is 10.0. The molecule has 4 aromatic carbocycles. The minimum absolute atomic E-state index is 0.249. The third-order valence-corrected chi connectivity index (χ3v) is 6.47. The van der Waals surface area contributed by atoms with Crippen molar-refractivity contribution in [1.82, 2.24) is 9.78 Å². The maximum absolute atomic E-state index is 12.9. The summed E-state index contributed by atoms with van der Waals surface area (Å²) in [6, 6.07) is 29.0. The highest BCUT2D eigenvalue weighted by Crippen LogP contribution is 2.43. The van der Waals surface area contributed by atoms with Crippen molar-refractivity contribution in [2.45, 2.75) is 6.92 Å². The van der Waals surface area contributed by atoms with Crippen molar-refractivity contribution in [2.75, 3.05) is 26.6 Å². The second-order valence-electron chi connectivity index (χ2n) is 9.23. The number of aromatic nitrogens is 2. The molecule has 0 bridgehead atoms. The van der Waals surface area contributed by atoms with Crippen molar-refractivity contribution in [3.05, 3.63) is 103 Å². The maximum atomic E-state index is 12.9. The van der Waals surface area contributed by atoms with Crippen LogP contribution in [0.2, 0.25) is 0 Å². The van der Waals surface area contributed by atoms with Crippen molar-refractivity contribution in [3.63, 3.8) is 0 Å². The number of ether oxygens (including phenoxy) is 4. The zero-order chi connectivity index (χ0) is 29.6. The van der Waals surface area contributed by atoms with Crippen molar-refractivity contribution in [1.29, 1.82) is 0 Å². The van der Waals surface area contributed by atoms with Crippen LogP contribution in [0.3, 0.4) is 0 Å². The molecule has 0 atom stereocenters. The first-order valence-corrected chi connectivity index (χ1v) is 13.1. The number of rotatable bonds is 9. The first-order valence-electron chi connectivity index (χ1n) is 13.1. The van der Waals surface area contributed by atoms with E-state index < -0.39 is 5.97 Å². The Balaban J connectivity index is 1.62. The smallest absolute Gasteiger partial charge is 0.309 e. The van der Waals surface area contributed by atoms with Crippen molar-refractivity contribution >= 4 is 17.6 Å². The van der Waals surface area contributed by atoms with E-state index in [0.29, 0.717) is 56.6 Å². The van der Waals surface area contributed by atoms with Crippen LogP contribution >= 0.6 is 0 Å². The molecule has 0 aliphatic heterocycles. The number of hydrogen-bond acceptors (Lipinski definition) is 7. The Morgan fingerprint density at radius 2 is 1.38 bits per heavy atom. The molecule has 212 valence electrons. The highest BCUT2D eigenvalue weighted by molar-refractivity contribution is 6.04. The molecule has 1 N–H and O–H groups in total. The minimum atomic E-state index is -0.495. The van der Waals surface area contributed by atoms with E-state index in [0.717, 1.165) is 0 Å². The van der Waals surface area contributed by atoms with Gasteiger partial charge in [0.05, 0.1) is 32.6 Å². The summed E-state index contributed by atoms with van der Waals surface area (Å²) in [5.74, 6) is 1.23. The predicted molar refractivity (Wildman–Crippen MR) is 160 cm³/mol. The molecule has 0 fully saturated rings. The van der Waals surface area contributed by atoms with Crippen LogP contribution < -0.4 is 24.3 Å². The van der Waals surface area contributed by atoms with E-state index in [1.54, 1.807) is 68.5 Å². The zero-order valence-corrected chi connectivity index (χ0v) is 23.6. The molecule has 0 saturated heterocycles. The van der Waals surface area contributed by atoms with Gasteiger partial charge in [-0.15, -0.1) is 0 Å². The van der Waals surface area contributed by atoms with Gasteiger partial charge in [-0.3, -0.25) is 9.59 Å². The molecule has 1 heterocycles. The van der Waals surface area contributed by atoms with Crippen LogP contribution in [0.15, 0.2) is 97.1 Å². The van der Waals surface area contributed by atoms with Gasteiger partial charge in [-0.2, -0.15) is 9.78 Å². The number of carbonyl (C=O) groups excluding carboxylic acids is 2. The van der Waals surface area contributed by atoms with Gasteiger partial charge < -0.3 is 24.3 Å². The van der Waals surface area contributed by atoms with Gasteiger partial charge in [0, 0.05) is 29.8 Å². The van der Waals surface area contributed by atoms with Gasteiger partial charge in [0.2, 0.25) is 5.88 Å². The number of para-hydroxylation sites is 1. The van der Waals surface area contributed by atoms with Crippen LogP contribution in [0.5, 0.6) is 23.1 Å². The minimum Gasteiger partial charge on any atom is -0.497 e. The van der Waals surface area contributed by atoms with Crippen LogP contribution in [0.1, 0.15) is 17.3 Å². The first-order chi connectivity index (χ1) is 20.4. The first kappa shape index (κ1) is 28.0. The summed E-state index contributed by atoms with van der Waals surface area (Å²) in [5, 5.41) is 7.81. The van der Waals surface area contributed by atoms with E-state index in [1.807, 2.05) is 54.6 Å². The normalized spacial score (nSPS) is 10.6. The van der Waals surface area contributed by atoms with Crippen LogP contribution in [0.4, 0.5) is 5.69 Å². The summed E-state index contributed by atoms with van der Waals surface area (Å²) < 4.78 is 23.6. The largest absolute Gasteiger partial charge is 0.497 e. The number of hydrogen-bond donors (Lipinski definition) is 1. The van der Waals surface area contributed by atoms with E-state index in [9.17, 15) is 9.59 Å². The fourth-order valence-electron chi connectivity index (χ4n) is 4.47. The molecule has 0 unspecified atom stereocenters. The lowest BCUT2D eigenvalue weighted by molar-refractivity contribution is -0.132. The maximum Gasteiger partial charge on any atom is 0.309 e. The van der Waals surface area contributed by atoms with Gasteiger partial charge in [-0.1, -0.05) is 36.4 Å². The zero-order valence-electron chi connectivity index (χ0n) is 23.6. The summed E-state index contributed by atoms with van der Waals surface area (Å²) in [4.78, 5) is 25.2. The number of esters is 1. The Bertz CT molecular complexity index is 1710. The molecule has 1 aromatic heterocycles. The van der Waals surface area contributed by atoms with Crippen molar-refractivity contribution in [2.24, 2.45) is 0 Å². The Kier molecular flexibility index (Phi) is 8.19. The Labute approximate surface area is 243 Å². The topological polar surface area (TPSA) is 101 Å². The second kappa shape index (κ2) is 12.3. The number of nitrogens with one attached hydrogen (secondary N) is 1. The van der Waals surface area contributed by atoms with Gasteiger partial charge in [-0.25, -0.2) is 0 Å². The van der Waals surface area contributed by atoms with Crippen LogP contribution in [0.25, 0.3) is 28.1 Å². The van der Waals surface area contributed by atoms with E-state index in [-0.39, 0.29) is 11.8 Å².